The van der Waals surface area contributed by atoms with Crippen molar-refractivity contribution < 1.29 is 19.0 Å². The van der Waals surface area contributed by atoms with Gasteiger partial charge < -0.3 is 14.2 Å². The van der Waals surface area contributed by atoms with Crippen molar-refractivity contribution in [2.24, 2.45) is 0 Å². The fourth-order valence-electron chi connectivity index (χ4n) is 3.31. The maximum absolute atomic E-state index is 11.1. The highest BCUT2D eigenvalue weighted by atomic mass is 35.5. The van der Waals surface area contributed by atoms with Gasteiger partial charge in [-0.2, -0.15) is 0 Å². The SMILES string of the molecule is CCCOc1ccc(C(C)(C)c2ccc(OC[C@H](CCl)OC(C)=O)c(C)c2)cc1C. The van der Waals surface area contributed by atoms with Gasteiger partial charge in [-0.15, -0.1) is 11.6 Å². The molecule has 0 saturated heterocycles. The maximum Gasteiger partial charge on any atom is 0.303 e. The highest BCUT2D eigenvalue weighted by Gasteiger charge is 2.25. The van der Waals surface area contributed by atoms with E-state index in [0.717, 1.165) is 35.7 Å². The predicted molar refractivity (Wildman–Crippen MR) is 122 cm³/mol. The molecular weight excluding hydrogens is 400 g/mol. The molecular formula is C25H33ClO4. The molecule has 30 heavy (non-hydrogen) atoms. The second-order valence-corrected chi connectivity index (χ2v) is 8.44. The first kappa shape index (κ1) is 24.1. The Morgan fingerprint density at radius 2 is 1.53 bits per heavy atom. The van der Waals surface area contributed by atoms with Crippen molar-refractivity contribution in [1.29, 1.82) is 0 Å². The van der Waals surface area contributed by atoms with E-state index in [9.17, 15) is 4.79 Å². The lowest BCUT2D eigenvalue weighted by atomic mass is 9.77. The molecule has 0 saturated carbocycles. The average molecular weight is 433 g/mol. The molecule has 2 aromatic rings. The first-order valence-corrected chi connectivity index (χ1v) is 10.9. The molecule has 0 aliphatic carbocycles. The van der Waals surface area contributed by atoms with E-state index in [1.165, 1.54) is 18.1 Å². The summed E-state index contributed by atoms with van der Waals surface area (Å²) in [6.07, 6.45) is 0.531. The van der Waals surface area contributed by atoms with Crippen LogP contribution in [0.25, 0.3) is 0 Å². The van der Waals surface area contributed by atoms with E-state index in [-0.39, 0.29) is 23.9 Å². The summed E-state index contributed by atoms with van der Waals surface area (Å²) in [5.41, 5.74) is 4.42. The van der Waals surface area contributed by atoms with E-state index in [1.807, 2.05) is 13.0 Å². The average Bonchev–Trinajstić information content (AvgIpc) is 2.70. The van der Waals surface area contributed by atoms with Gasteiger partial charge in [0.1, 0.15) is 24.2 Å². The van der Waals surface area contributed by atoms with Crippen LogP contribution < -0.4 is 9.47 Å². The van der Waals surface area contributed by atoms with Crippen molar-refractivity contribution in [1.82, 2.24) is 0 Å². The minimum Gasteiger partial charge on any atom is -0.493 e. The molecule has 0 aliphatic heterocycles. The van der Waals surface area contributed by atoms with Gasteiger partial charge in [-0.25, -0.2) is 0 Å². The Balaban J connectivity index is 2.17. The van der Waals surface area contributed by atoms with Crippen LogP contribution in [-0.2, 0) is 14.9 Å². The number of carbonyl (C=O) groups excluding carboxylic acids is 1. The lowest BCUT2D eigenvalue weighted by Gasteiger charge is -2.28. The quantitative estimate of drug-likeness (QED) is 0.343. The molecule has 164 valence electrons. The molecule has 0 radical (unpaired) electrons. The Morgan fingerprint density at radius 3 is 1.97 bits per heavy atom. The van der Waals surface area contributed by atoms with Gasteiger partial charge in [0.05, 0.1) is 12.5 Å². The summed E-state index contributed by atoms with van der Waals surface area (Å²) in [5.74, 6) is 1.54. The van der Waals surface area contributed by atoms with Crippen LogP contribution in [0.3, 0.4) is 0 Å². The summed E-state index contributed by atoms with van der Waals surface area (Å²) in [5, 5.41) is 0. The minimum atomic E-state index is -0.462. The van der Waals surface area contributed by atoms with Gasteiger partial charge >= 0.3 is 5.97 Å². The molecule has 0 fully saturated rings. The molecule has 0 aliphatic rings. The molecule has 1 atom stereocenters. The molecule has 0 amide bonds. The van der Waals surface area contributed by atoms with Crippen LogP contribution in [0.2, 0.25) is 0 Å². The third-order valence-corrected chi connectivity index (χ3v) is 5.53. The van der Waals surface area contributed by atoms with E-state index in [2.05, 4.69) is 58.0 Å². The summed E-state index contributed by atoms with van der Waals surface area (Å²) < 4.78 is 16.8. The molecule has 4 nitrogen and oxygen atoms in total. The molecule has 0 spiro atoms. The normalized spacial score (nSPS) is 12.4. The van der Waals surface area contributed by atoms with E-state index >= 15 is 0 Å². The molecule has 0 bridgehead atoms. The van der Waals surface area contributed by atoms with Gasteiger partial charge in [-0.3, -0.25) is 4.79 Å². The second-order valence-electron chi connectivity index (χ2n) is 8.13. The summed E-state index contributed by atoms with van der Waals surface area (Å²) >= 11 is 5.86. The standard InChI is InChI=1S/C25H33ClO4/c1-7-12-28-23-10-8-20(13-17(23)2)25(5,6)21-9-11-24(18(3)14-21)29-16-22(15-26)30-19(4)27/h8-11,13-14,22H,7,12,15-16H2,1-6H3/t22-/m0/s1. The minimum absolute atomic E-state index is 0.173. The lowest BCUT2D eigenvalue weighted by Crippen LogP contribution is -2.26. The van der Waals surface area contributed by atoms with Gasteiger partial charge in [0.15, 0.2) is 0 Å². The molecule has 0 heterocycles. The molecule has 5 heteroatoms. The summed E-state index contributed by atoms with van der Waals surface area (Å²) in [6, 6.07) is 12.6. The topological polar surface area (TPSA) is 44.8 Å². The number of esters is 1. The van der Waals surface area contributed by atoms with Crippen molar-refractivity contribution in [3.8, 4) is 11.5 Å². The fraction of sp³-hybridized carbons (Fsp3) is 0.480. The molecule has 2 rings (SSSR count). The Morgan fingerprint density at radius 1 is 1.00 bits per heavy atom. The Hall–Kier alpha value is -2.20. The van der Waals surface area contributed by atoms with Crippen LogP contribution in [-0.4, -0.2) is 31.2 Å². The predicted octanol–water partition coefficient (Wildman–Crippen LogP) is 5.97. The Labute approximate surface area is 185 Å². The Bertz CT molecular complexity index is 860. The van der Waals surface area contributed by atoms with Gasteiger partial charge in [0.2, 0.25) is 0 Å². The largest absolute Gasteiger partial charge is 0.493 e. The number of hydrogen-bond acceptors (Lipinski definition) is 4. The maximum atomic E-state index is 11.1. The second kappa shape index (κ2) is 10.7. The highest BCUT2D eigenvalue weighted by molar-refractivity contribution is 6.18. The van der Waals surface area contributed by atoms with Crippen molar-refractivity contribution in [2.75, 3.05) is 19.1 Å². The van der Waals surface area contributed by atoms with Crippen molar-refractivity contribution >= 4 is 17.6 Å². The summed E-state index contributed by atoms with van der Waals surface area (Å²) in [6.45, 7) is 13.0. The fourth-order valence-corrected chi connectivity index (χ4v) is 3.46. The third kappa shape index (κ3) is 6.15. The smallest absolute Gasteiger partial charge is 0.303 e. The monoisotopic (exact) mass is 432 g/mol. The van der Waals surface area contributed by atoms with E-state index in [0.29, 0.717) is 0 Å². The number of ether oxygens (including phenoxy) is 3. The third-order valence-electron chi connectivity index (χ3n) is 5.18. The van der Waals surface area contributed by atoms with Crippen molar-refractivity contribution in [2.45, 2.75) is 59.5 Å². The number of benzene rings is 2. The van der Waals surface area contributed by atoms with E-state index in [4.69, 9.17) is 25.8 Å². The highest BCUT2D eigenvalue weighted by Crippen LogP contribution is 2.36. The number of alkyl halides is 1. The van der Waals surface area contributed by atoms with E-state index < -0.39 is 6.10 Å². The summed E-state index contributed by atoms with van der Waals surface area (Å²) in [7, 11) is 0. The van der Waals surface area contributed by atoms with Crippen LogP contribution in [0.5, 0.6) is 11.5 Å². The van der Waals surface area contributed by atoms with Crippen LogP contribution >= 0.6 is 11.6 Å². The molecule has 0 N–H and O–H groups in total. The zero-order valence-corrected chi connectivity index (χ0v) is 19.6. The van der Waals surface area contributed by atoms with Crippen LogP contribution in [0, 0.1) is 13.8 Å². The number of carbonyl (C=O) groups is 1. The van der Waals surface area contributed by atoms with Gasteiger partial charge in [0, 0.05) is 12.3 Å². The van der Waals surface area contributed by atoms with Crippen LogP contribution in [0.4, 0.5) is 0 Å². The lowest BCUT2D eigenvalue weighted by molar-refractivity contribution is -0.146. The molecule has 0 unspecified atom stereocenters. The first-order valence-electron chi connectivity index (χ1n) is 10.4. The van der Waals surface area contributed by atoms with Gasteiger partial charge in [-0.1, -0.05) is 45.0 Å². The van der Waals surface area contributed by atoms with E-state index in [1.54, 1.807) is 0 Å². The number of rotatable bonds is 10. The number of aryl methyl sites for hydroxylation is 2. The van der Waals surface area contributed by atoms with Gasteiger partial charge in [-0.05, 0) is 54.7 Å². The first-order chi connectivity index (χ1) is 14.2. The summed E-state index contributed by atoms with van der Waals surface area (Å²) in [4.78, 5) is 11.1. The van der Waals surface area contributed by atoms with Gasteiger partial charge in [0.25, 0.3) is 0 Å². The van der Waals surface area contributed by atoms with Crippen LogP contribution in [0.1, 0.15) is 56.4 Å². The number of halogens is 1. The number of hydrogen-bond donors (Lipinski definition) is 0. The Kier molecular flexibility index (Phi) is 8.60. The van der Waals surface area contributed by atoms with Crippen molar-refractivity contribution in [3.05, 3.63) is 58.7 Å². The zero-order chi connectivity index (χ0) is 22.3. The van der Waals surface area contributed by atoms with Crippen molar-refractivity contribution in [3.63, 3.8) is 0 Å². The molecule has 0 aromatic heterocycles. The van der Waals surface area contributed by atoms with Crippen LogP contribution in [0.15, 0.2) is 36.4 Å². The molecule has 2 aromatic carbocycles. The zero-order valence-electron chi connectivity index (χ0n) is 18.9.